The average Bonchev–Trinajstić information content (AvgIpc) is 2.86. The fraction of sp³-hybridized carbons (Fsp3) is 0.350. The van der Waals surface area contributed by atoms with Crippen molar-refractivity contribution in [3.05, 3.63) is 67.8 Å². The number of rotatable bonds is 8. The smallest absolute Gasteiger partial charge is 0.470 e. The molecule has 0 saturated heterocycles. The third-order valence-electron chi connectivity index (χ3n) is 4.17. The summed E-state index contributed by atoms with van der Waals surface area (Å²) in [7, 11) is -3.08. The Morgan fingerprint density at radius 3 is 1.55 bits per heavy atom. The van der Waals surface area contributed by atoms with Gasteiger partial charge >= 0.3 is 39.0 Å². The summed E-state index contributed by atoms with van der Waals surface area (Å²) in [6, 6.07) is 8.04. The third kappa shape index (κ3) is 11.2. The molecule has 0 aliphatic heterocycles. The molecule has 12 nitrogen and oxygen atoms in total. The maximum Gasteiger partial charge on any atom is 0.470 e. The number of hydrogen-bond donors (Lipinski definition) is 0. The minimum Gasteiger partial charge on any atom is -0.490 e. The molecular formula is C20H19BrF6N2O10S. The van der Waals surface area contributed by atoms with Crippen LogP contribution < -0.4 is 9.47 Å². The third-order valence-corrected chi connectivity index (χ3v) is 5.59. The summed E-state index contributed by atoms with van der Waals surface area (Å²) < 4.78 is 103. The Balaban J connectivity index is 0.000000582. The van der Waals surface area contributed by atoms with Gasteiger partial charge in [0.1, 0.15) is 0 Å². The number of hydrogen-bond acceptors (Lipinski definition) is 10. The second-order valence-corrected chi connectivity index (χ2v) is 8.85. The monoisotopic (exact) mass is 672 g/mol. The average molecular weight is 673 g/mol. The molecule has 0 unspecified atom stereocenters. The zero-order chi connectivity index (χ0) is 31.5. The van der Waals surface area contributed by atoms with Crippen molar-refractivity contribution in [1.82, 2.24) is 0 Å². The highest BCUT2D eigenvalue weighted by molar-refractivity contribution is 9.08. The molecule has 2 aromatic rings. The van der Waals surface area contributed by atoms with Crippen molar-refractivity contribution < 1.29 is 63.1 Å². The van der Waals surface area contributed by atoms with Crippen molar-refractivity contribution in [2.45, 2.75) is 23.2 Å². The number of nitrogens with zero attached hydrogens (tertiary/aromatic N) is 2. The minimum atomic E-state index is -6.22. The molecule has 0 aliphatic carbocycles. The van der Waals surface area contributed by atoms with E-state index >= 15 is 0 Å². The van der Waals surface area contributed by atoms with Gasteiger partial charge in [0.05, 0.1) is 37.6 Å². The summed E-state index contributed by atoms with van der Waals surface area (Å²) in [6.45, 7) is 0. The van der Waals surface area contributed by atoms with Crippen LogP contribution in [0.2, 0.25) is 0 Å². The molecule has 20 heteroatoms. The van der Waals surface area contributed by atoms with Crippen LogP contribution in [0.1, 0.15) is 11.1 Å². The number of carbonyl (C=O) groups is 1. The van der Waals surface area contributed by atoms with Crippen LogP contribution in [0.15, 0.2) is 36.4 Å². The lowest BCUT2D eigenvalue weighted by Crippen LogP contribution is -2.36. The van der Waals surface area contributed by atoms with Crippen molar-refractivity contribution in [3.63, 3.8) is 0 Å². The largest absolute Gasteiger partial charge is 0.490 e. The number of halogens is 7. The fourth-order valence-electron chi connectivity index (χ4n) is 2.40. The first-order chi connectivity index (χ1) is 18.2. The van der Waals surface area contributed by atoms with Gasteiger partial charge in [-0.05, 0) is 23.3 Å². The maximum atomic E-state index is 12.1. The van der Waals surface area contributed by atoms with E-state index in [1.54, 1.807) is 12.1 Å². The van der Waals surface area contributed by atoms with Gasteiger partial charge in [-0.1, -0.05) is 31.9 Å². The van der Waals surface area contributed by atoms with Crippen molar-refractivity contribution in [3.8, 4) is 11.5 Å². The lowest BCUT2D eigenvalue weighted by atomic mass is 10.1. The molecule has 0 N–H and O–H groups in total. The van der Waals surface area contributed by atoms with Gasteiger partial charge in [-0.15, -0.1) is 0 Å². The molecule has 0 aliphatic rings. The highest BCUT2D eigenvalue weighted by Crippen LogP contribution is 2.31. The van der Waals surface area contributed by atoms with E-state index in [9.17, 15) is 59.3 Å². The van der Waals surface area contributed by atoms with Crippen molar-refractivity contribution in [2.75, 3.05) is 21.3 Å². The normalized spacial score (nSPS) is 11.2. The van der Waals surface area contributed by atoms with Gasteiger partial charge in [0.25, 0.3) is 0 Å². The molecule has 0 radical (unpaired) electrons. The summed E-state index contributed by atoms with van der Waals surface area (Å²) in [5.41, 5.74) is 0.219. The van der Waals surface area contributed by atoms with E-state index in [0.717, 1.165) is 23.8 Å². The van der Waals surface area contributed by atoms with Crippen molar-refractivity contribution in [2.24, 2.45) is 0 Å². The second-order valence-electron chi connectivity index (χ2n) is 6.90. The first kappa shape index (κ1) is 36.3. The second kappa shape index (κ2) is 15.2. The maximum absolute atomic E-state index is 12.1. The Kier molecular flexibility index (Phi) is 13.8. The molecule has 0 spiro atoms. The summed E-state index contributed by atoms with van der Waals surface area (Å²) in [5.74, 6) is -2.22. The number of methoxy groups -OCH3 is 3. The topological polar surface area (TPSA) is 165 Å². The van der Waals surface area contributed by atoms with Gasteiger partial charge in [0.2, 0.25) is 0 Å². The molecule has 0 saturated carbocycles. The van der Waals surface area contributed by atoms with Crippen molar-refractivity contribution >= 4 is 43.5 Å². The molecule has 2 rings (SSSR count). The van der Waals surface area contributed by atoms with Gasteiger partial charge < -0.3 is 14.2 Å². The number of carbonyl (C=O) groups excluding carboxylic acids is 1. The van der Waals surface area contributed by atoms with E-state index in [-0.39, 0.29) is 22.7 Å². The van der Waals surface area contributed by atoms with Crippen LogP contribution in [0.25, 0.3) is 0 Å². The Labute approximate surface area is 230 Å². The SMILES string of the molecule is COC(=O)C(F)(F)S(=O)(=O)F.COc1ccc(CBr)cc1[N+](=O)[O-].COc1ccc(CC(F)(F)F)cc1[N+](=O)[O-]. The molecule has 224 valence electrons. The Morgan fingerprint density at radius 1 is 0.875 bits per heavy atom. The van der Waals surface area contributed by atoms with E-state index in [1.165, 1.54) is 20.3 Å². The first-order valence-electron chi connectivity index (χ1n) is 9.91. The van der Waals surface area contributed by atoms with Crippen LogP contribution in [0.3, 0.4) is 0 Å². The highest BCUT2D eigenvalue weighted by atomic mass is 79.9. The fourth-order valence-corrected chi connectivity index (χ4v) is 3.03. The van der Waals surface area contributed by atoms with Crippen LogP contribution in [-0.2, 0) is 31.5 Å². The molecule has 0 amide bonds. The van der Waals surface area contributed by atoms with Crippen LogP contribution in [-0.4, -0.2) is 57.0 Å². The molecule has 0 fully saturated rings. The number of ether oxygens (including phenoxy) is 3. The number of nitro groups is 2. The molecule has 40 heavy (non-hydrogen) atoms. The van der Waals surface area contributed by atoms with Crippen LogP contribution >= 0.6 is 15.9 Å². The Hall–Kier alpha value is -3.68. The van der Waals surface area contributed by atoms with Crippen molar-refractivity contribution in [1.29, 1.82) is 0 Å². The zero-order valence-electron chi connectivity index (χ0n) is 20.4. The highest BCUT2D eigenvalue weighted by Gasteiger charge is 2.55. The number of alkyl halides is 6. The molecular weight excluding hydrogens is 654 g/mol. The predicted molar refractivity (Wildman–Crippen MR) is 129 cm³/mol. The van der Waals surface area contributed by atoms with Crippen LogP contribution in [0, 0.1) is 20.2 Å². The van der Waals surface area contributed by atoms with Crippen LogP contribution in [0.4, 0.5) is 37.2 Å². The Morgan fingerprint density at radius 2 is 1.27 bits per heavy atom. The first-order valence-corrected chi connectivity index (χ1v) is 12.4. The lowest BCUT2D eigenvalue weighted by molar-refractivity contribution is -0.386. The quantitative estimate of drug-likeness (QED) is 0.0902. The number of esters is 1. The zero-order valence-corrected chi connectivity index (χ0v) is 22.8. The standard InChI is InChI=1S/C9H8F3NO3.C8H8BrNO3.C3H3F3O4S/c1-16-8-3-2-6(5-9(10,11)12)4-7(8)13(14)15;1-13-8-3-2-6(5-9)4-7(8)10(11)12;1-10-2(7)3(4,5)11(6,8)9/h2-4H,5H2,1H3;2-4H,5H2,1H3;1H3. The van der Waals surface area contributed by atoms with Gasteiger partial charge in [0.15, 0.2) is 11.5 Å². The summed E-state index contributed by atoms with van der Waals surface area (Å²) in [6.07, 6.45) is -5.58. The van der Waals surface area contributed by atoms with E-state index in [4.69, 9.17) is 4.74 Å². The summed E-state index contributed by atoms with van der Waals surface area (Å²) in [4.78, 5) is 29.8. The van der Waals surface area contributed by atoms with Gasteiger partial charge in [-0.2, -0.15) is 30.4 Å². The van der Waals surface area contributed by atoms with Gasteiger partial charge in [-0.25, -0.2) is 4.79 Å². The number of nitro benzene ring substituents is 2. The number of benzene rings is 2. The van der Waals surface area contributed by atoms with Gasteiger partial charge in [0, 0.05) is 17.5 Å². The molecule has 0 aromatic heterocycles. The van der Waals surface area contributed by atoms with E-state index < -0.39 is 49.6 Å². The van der Waals surface area contributed by atoms with E-state index in [1.807, 2.05) is 0 Å². The molecule has 0 heterocycles. The minimum absolute atomic E-state index is 0.000509. The molecule has 0 atom stereocenters. The predicted octanol–water partition coefficient (Wildman–Crippen LogP) is 5.26. The molecule has 2 aromatic carbocycles. The Bertz CT molecular complexity index is 1310. The lowest BCUT2D eigenvalue weighted by Gasteiger charge is -2.07. The summed E-state index contributed by atoms with van der Waals surface area (Å²) >= 11 is 3.22. The van der Waals surface area contributed by atoms with Crippen LogP contribution in [0.5, 0.6) is 11.5 Å². The van der Waals surface area contributed by atoms with Gasteiger partial charge in [-0.3, -0.25) is 20.2 Å². The summed E-state index contributed by atoms with van der Waals surface area (Å²) in [5, 5.41) is 16.6. The van der Waals surface area contributed by atoms with E-state index in [0.29, 0.717) is 12.4 Å². The van der Waals surface area contributed by atoms with E-state index in [2.05, 4.69) is 25.4 Å². The molecule has 0 bridgehead atoms.